The molecule has 2 rings (SSSR count). The van der Waals surface area contributed by atoms with Crippen LogP contribution in [-0.2, 0) is 4.74 Å². The summed E-state index contributed by atoms with van der Waals surface area (Å²) in [6.07, 6.45) is 8.38. The molecule has 5 nitrogen and oxygen atoms in total. The number of ether oxygens (including phenoxy) is 1. The zero-order valence-corrected chi connectivity index (χ0v) is 18.2. The predicted molar refractivity (Wildman–Crippen MR) is 125 cm³/mol. The maximum atomic E-state index is 8.10. The Morgan fingerprint density at radius 3 is 2.41 bits per heavy atom. The smallest absolute Gasteiger partial charge is 0.0876 e. The molecule has 0 bridgehead atoms. The minimum absolute atomic E-state index is 0. The molecular formula is C21H39N3O2S. The number of rotatable bonds is 5. The van der Waals surface area contributed by atoms with Gasteiger partial charge in [0.15, 0.2) is 0 Å². The van der Waals surface area contributed by atoms with Crippen molar-refractivity contribution in [3.8, 4) is 0 Å². The summed E-state index contributed by atoms with van der Waals surface area (Å²) < 4.78 is 4.86. The van der Waals surface area contributed by atoms with Gasteiger partial charge in [-0.15, -0.1) is 12.6 Å². The summed E-state index contributed by atoms with van der Waals surface area (Å²) in [5, 5.41) is 8.10. The quantitative estimate of drug-likeness (QED) is 0.380. The first-order valence-electron chi connectivity index (χ1n) is 9.25. The lowest BCUT2D eigenvalue weighted by Crippen LogP contribution is -2.07. The number of benzene rings is 1. The number of thiol groups is 1. The van der Waals surface area contributed by atoms with Gasteiger partial charge < -0.3 is 15.9 Å². The molecule has 6 heteroatoms. The summed E-state index contributed by atoms with van der Waals surface area (Å²) in [4.78, 5) is 5.04. The highest BCUT2D eigenvalue weighted by molar-refractivity contribution is 7.80. The van der Waals surface area contributed by atoms with Gasteiger partial charge in [-0.05, 0) is 25.5 Å². The number of allylic oxidation sites excluding steroid dienone is 4. The van der Waals surface area contributed by atoms with Crippen molar-refractivity contribution >= 4 is 24.6 Å². The number of nitrogens with zero attached hydrogens (tertiary/aromatic N) is 1. The van der Waals surface area contributed by atoms with Crippen LogP contribution in [0.3, 0.4) is 0 Å². The van der Waals surface area contributed by atoms with Crippen molar-refractivity contribution in [1.29, 1.82) is 5.41 Å². The Kier molecular flexibility index (Phi) is 24.8. The van der Waals surface area contributed by atoms with Crippen LogP contribution in [0, 0.1) is 5.41 Å². The SMILES string of the molecule is CC.CC.CCOCCN.N=C(C1=CCC=CC=N1)c1ccccc1S.O.[HH]. The van der Waals surface area contributed by atoms with Gasteiger partial charge in [-0.1, -0.05) is 58.0 Å². The van der Waals surface area contributed by atoms with Gasteiger partial charge in [0.1, 0.15) is 0 Å². The van der Waals surface area contributed by atoms with Gasteiger partial charge in [-0.3, -0.25) is 10.4 Å². The maximum Gasteiger partial charge on any atom is 0.0876 e. The average molecular weight is 398 g/mol. The van der Waals surface area contributed by atoms with E-state index >= 15 is 0 Å². The number of nitrogens with one attached hydrogen (secondary N) is 1. The third kappa shape index (κ3) is 14.0. The molecule has 1 aromatic carbocycles. The van der Waals surface area contributed by atoms with Crippen molar-refractivity contribution in [2.75, 3.05) is 19.8 Å². The Bertz CT molecular complexity index is 573. The van der Waals surface area contributed by atoms with Crippen molar-refractivity contribution in [2.24, 2.45) is 10.7 Å². The highest BCUT2D eigenvalue weighted by Gasteiger charge is 2.09. The average Bonchev–Trinajstić information content (AvgIpc) is 2.99. The fraction of sp³-hybridized carbons (Fsp3) is 0.429. The van der Waals surface area contributed by atoms with E-state index in [0.29, 0.717) is 24.6 Å². The van der Waals surface area contributed by atoms with E-state index < -0.39 is 0 Å². The van der Waals surface area contributed by atoms with Crippen LogP contribution in [0.15, 0.2) is 58.1 Å². The monoisotopic (exact) mass is 397 g/mol. The first kappa shape index (κ1) is 30.0. The number of nitrogens with two attached hydrogens (primary N) is 1. The molecule has 0 radical (unpaired) electrons. The van der Waals surface area contributed by atoms with E-state index in [1.54, 1.807) is 6.21 Å². The van der Waals surface area contributed by atoms with Gasteiger partial charge >= 0.3 is 0 Å². The maximum absolute atomic E-state index is 8.10. The van der Waals surface area contributed by atoms with Crippen LogP contribution < -0.4 is 5.73 Å². The zero-order chi connectivity index (χ0) is 20.2. The molecule has 1 aromatic rings. The van der Waals surface area contributed by atoms with E-state index in [4.69, 9.17) is 15.9 Å². The number of hydrogen-bond donors (Lipinski definition) is 3. The van der Waals surface area contributed by atoms with Crippen LogP contribution in [0.5, 0.6) is 0 Å². The lowest BCUT2D eigenvalue weighted by molar-refractivity contribution is 0.155. The van der Waals surface area contributed by atoms with Crippen molar-refractivity contribution in [1.82, 2.24) is 0 Å². The molecule has 1 aliphatic heterocycles. The van der Waals surface area contributed by atoms with Crippen molar-refractivity contribution in [3.63, 3.8) is 0 Å². The summed E-state index contributed by atoms with van der Waals surface area (Å²) in [6, 6.07) is 7.58. The number of hydrogen-bond acceptors (Lipinski definition) is 5. The lowest BCUT2D eigenvalue weighted by Gasteiger charge is -2.06. The van der Waals surface area contributed by atoms with Crippen molar-refractivity contribution < 1.29 is 11.6 Å². The Hall–Kier alpha value is -1.73. The Balaban J connectivity index is -0.000000207. The highest BCUT2D eigenvalue weighted by atomic mass is 32.1. The fourth-order valence-corrected chi connectivity index (χ4v) is 1.98. The van der Waals surface area contributed by atoms with Crippen molar-refractivity contribution in [3.05, 3.63) is 53.8 Å². The van der Waals surface area contributed by atoms with Gasteiger partial charge in [0, 0.05) is 31.3 Å². The van der Waals surface area contributed by atoms with Crippen LogP contribution in [0.2, 0.25) is 0 Å². The van der Waals surface area contributed by atoms with Crippen molar-refractivity contribution in [2.45, 2.75) is 45.9 Å². The second-order valence-electron chi connectivity index (χ2n) is 4.41. The van der Waals surface area contributed by atoms with E-state index in [2.05, 4.69) is 17.6 Å². The standard InChI is InChI=1S/C13H12N2S.C4H11NO.2C2H6.H2O.H2/c14-13(10-6-3-4-8-12(10)16)11-7-2-1-5-9-15-11;1-2-6-4-3-5;2*1-2;;/h1,3-9,14,16H,2H2;2-5H2,1H3;2*1-2H3;1H2;1H. The summed E-state index contributed by atoms with van der Waals surface area (Å²) in [5.41, 5.74) is 7.03. The molecule has 0 saturated carbocycles. The fourth-order valence-electron chi connectivity index (χ4n) is 1.71. The van der Waals surface area contributed by atoms with E-state index in [1.807, 2.05) is 77.1 Å². The van der Waals surface area contributed by atoms with E-state index in [1.165, 1.54) is 0 Å². The van der Waals surface area contributed by atoms with Gasteiger partial charge in [0.25, 0.3) is 0 Å². The van der Waals surface area contributed by atoms with Crippen LogP contribution in [0.4, 0.5) is 0 Å². The minimum atomic E-state index is 0. The van der Waals surface area contributed by atoms with Crippen LogP contribution in [-0.4, -0.2) is 37.2 Å². The van der Waals surface area contributed by atoms with Crippen LogP contribution in [0.1, 0.15) is 48.0 Å². The molecule has 0 atom stereocenters. The third-order valence-electron chi connectivity index (χ3n) is 2.78. The third-order valence-corrected chi connectivity index (χ3v) is 3.17. The Morgan fingerprint density at radius 1 is 1.26 bits per heavy atom. The molecule has 0 spiro atoms. The first-order valence-corrected chi connectivity index (χ1v) is 9.69. The second kappa shape index (κ2) is 22.3. The molecule has 0 saturated heterocycles. The van der Waals surface area contributed by atoms with E-state index in [-0.39, 0.29) is 6.90 Å². The normalized spacial score (nSPS) is 11.0. The zero-order valence-electron chi connectivity index (χ0n) is 17.3. The molecule has 27 heavy (non-hydrogen) atoms. The molecular weight excluding hydrogens is 358 g/mol. The lowest BCUT2D eigenvalue weighted by atomic mass is 10.1. The summed E-state index contributed by atoms with van der Waals surface area (Å²) in [5.74, 6) is 0. The topological polar surface area (TPSA) is 103 Å². The second-order valence-corrected chi connectivity index (χ2v) is 4.89. The van der Waals surface area contributed by atoms with Gasteiger partial charge in [0.2, 0.25) is 0 Å². The summed E-state index contributed by atoms with van der Waals surface area (Å²) in [7, 11) is 0. The van der Waals surface area contributed by atoms with E-state index in [9.17, 15) is 0 Å². The molecule has 0 aromatic heterocycles. The van der Waals surface area contributed by atoms with Crippen LogP contribution in [0.25, 0.3) is 0 Å². The first-order chi connectivity index (χ1) is 12.7. The molecule has 0 fully saturated rings. The van der Waals surface area contributed by atoms with Gasteiger partial charge in [-0.25, -0.2) is 0 Å². The molecule has 0 amide bonds. The highest BCUT2D eigenvalue weighted by Crippen LogP contribution is 2.18. The van der Waals surface area contributed by atoms with Gasteiger partial charge in [0.05, 0.1) is 18.0 Å². The molecule has 5 N–H and O–H groups in total. The Morgan fingerprint density at radius 2 is 1.89 bits per heavy atom. The van der Waals surface area contributed by atoms with E-state index in [0.717, 1.165) is 23.5 Å². The largest absolute Gasteiger partial charge is 0.412 e. The number of aliphatic imine (C=N–C) groups is 1. The minimum Gasteiger partial charge on any atom is -0.412 e. The Labute approximate surface area is 172 Å². The molecule has 156 valence electrons. The molecule has 1 aliphatic rings. The predicted octanol–water partition coefficient (Wildman–Crippen LogP) is 4.71. The molecule has 1 heterocycles. The van der Waals surface area contributed by atoms with Gasteiger partial charge in [-0.2, -0.15) is 0 Å². The summed E-state index contributed by atoms with van der Waals surface area (Å²) >= 11 is 4.35. The summed E-state index contributed by atoms with van der Waals surface area (Å²) in [6.45, 7) is 12.1. The molecule has 0 unspecified atom stereocenters. The van der Waals surface area contributed by atoms with Crippen LogP contribution >= 0.6 is 12.6 Å². The molecule has 0 aliphatic carbocycles.